The van der Waals surface area contributed by atoms with E-state index in [1.165, 1.54) is 11.3 Å². The third-order valence-corrected chi connectivity index (χ3v) is 3.61. The minimum atomic E-state index is -0.890. The maximum Gasteiger partial charge on any atom is 0.336 e. The van der Waals surface area contributed by atoms with Gasteiger partial charge >= 0.3 is 5.97 Å². The molecule has 0 aliphatic heterocycles. The molecule has 0 unspecified atom stereocenters. The van der Waals surface area contributed by atoms with Gasteiger partial charge in [-0.2, -0.15) is 5.10 Å². The van der Waals surface area contributed by atoms with E-state index in [-0.39, 0.29) is 5.41 Å². The van der Waals surface area contributed by atoms with E-state index in [4.69, 9.17) is 5.11 Å². The van der Waals surface area contributed by atoms with Crippen molar-refractivity contribution >= 4 is 17.3 Å². The highest BCUT2D eigenvalue weighted by Gasteiger charge is 2.23. The predicted molar refractivity (Wildman–Crippen MR) is 72.2 cm³/mol. The van der Waals surface area contributed by atoms with E-state index in [0.717, 1.165) is 16.1 Å². The van der Waals surface area contributed by atoms with Gasteiger partial charge in [-0.3, -0.25) is 4.68 Å². The van der Waals surface area contributed by atoms with Crippen molar-refractivity contribution in [2.45, 2.75) is 26.2 Å². The summed E-state index contributed by atoms with van der Waals surface area (Å²) in [4.78, 5) is 11.9. The van der Waals surface area contributed by atoms with Crippen LogP contribution in [0.2, 0.25) is 0 Å². The smallest absolute Gasteiger partial charge is 0.336 e. The minimum Gasteiger partial charge on any atom is -0.478 e. The summed E-state index contributed by atoms with van der Waals surface area (Å²) in [7, 11) is 1.88. The number of carbonyl (C=O) groups is 1. The largest absolute Gasteiger partial charge is 0.478 e. The van der Waals surface area contributed by atoms with Crippen LogP contribution in [0, 0.1) is 0 Å². The van der Waals surface area contributed by atoms with Gasteiger partial charge in [-0.15, -0.1) is 11.3 Å². The van der Waals surface area contributed by atoms with Crippen molar-refractivity contribution in [2.24, 2.45) is 7.05 Å². The monoisotopic (exact) mass is 264 g/mol. The van der Waals surface area contributed by atoms with Crippen LogP contribution in [0.3, 0.4) is 0 Å². The number of hydrogen-bond acceptors (Lipinski definition) is 3. The summed E-state index contributed by atoms with van der Waals surface area (Å²) in [6.45, 7) is 6.31. The van der Waals surface area contributed by atoms with Crippen molar-refractivity contribution in [3.8, 4) is 10.4 Å². The average molecular weight is 264 g/mol. The van der Waals surface area contributed by atoms with Gasteiger partial charge in [-0.25, -0.2) is 4.79 Å². The van der Waals surface area contributed by atoms with Crippen LogP contribution in [0.4, 0.5) is 0 Å². The molecule has 18 heavy (non-hydrogen) atoms. The van der Waals surface area contributed by atoms with Crippen LogP contribution >= 0.6 is 11.3 Å². The number of rotatable bonds is 2. The van der Waals surface area contributed by atoms with E-state index in [2.05, 4.69) is 25.9 Å². The number of carboxylic acid groups (broad SMARTS) is 1. The zero-order chi connectivity index (χ0) is 13.5. The van der Waals surface area contributed by atoms with Crippen LogP contribution < -0.4 is 0 Å². The second-order valence-electron chi connectivity index (χ2n) is 5.32. The summed E-state index contributed by atoms with van der Waals surface area (Å²) in [5.74, 6) is -0.890. The molecule has 2 aromatic rings. The van der Waals surface area contributed by atoms with Crippen LogP contribution in [0.25, 0.3) is 10.4 Å². The zero-order valence-corrected chi connectivity index (χ0v) is 11.7. The first kappa shape index (κ1) is 12.8. The van der Waals surface area contributed by atoms with Crippen molar-refractivity contribution in [3.63, 3.8) is 0 Å². The standard InChI is InChI=1S/C13H16N2O2S/c1-13(2,3)11-9(6-15(4)14-11)10-5-8(7-18-10)12(16)17/h5-7H,1-4H3,(H,16,17). The van der Waals surface area contributed by atoms with Gasteiger partial charge < -0.3 is 5.11 Å². The molecule has 1 N–H and O–H groups in total. The van der Waals surface area contributed by atoms with Crippen LogP contribution in [0.5, 0.6) is 0 Å². The number of aromatic carboxylic acids is 1. The maximum atomic E-state index is 10.9. The molecule has 0 radical (unpaired) electrons. The number of carboxylic acids is 1. The lowest BCUT2D eigenvalue weighted by atomic mass is 9.89. The second-order valence-corrected chi connectivity index (χ2v) is 6.23. The van der Waals surface area contributed by atoms with Gasteiger partial charge in [0.15, 0.2) is 0 Å². The fraction of sp³-hybridized carbons (Fsp3) is 0.385. The molecule has 0 bridgehead atoms. The first-order valence-electron chi connectivity index (χ1n) is 5.65. The molecular formula is C13H16N2O2S. The summed E-state index contributed by atoms with van der Waals surface area (Å²) in [6, 6.07) is 1.71. The third-order valence-electron chi connectivity index (χ3n) is 2.65. The number of aryl methyl sites for hydroxylation is 1. The molecule has 2 aromatic heterocycles. The lowest BCUT2D eigenvalue weighted by Crippen LogP contribution is -2.13. The van der Waals surface area contributed by atoms with Crippen molar-refractivity contribution < 1.29 is 9.90 Å². The molecule has 0 fully saturated rings. The minimum absolute atomic E-state index is 0.0655. The summed E-state index contributed by atoms with van der Waals surface area (Å²) in [6.07, 6.45) is 1.94. The maximum absolute atomic E-state index is 10.9. The molecule has 5 heteroatoms. The molecule has 0 aromatic carbocycles. The number of thiophene rings is 1. The van der Waals surface area contributed by atoms with Crippen LogP contribution in [0.1, 0.15) is 36.8 Å². The molecule has 4 nitrogen and oxygen atoms in total. The summed E-state index contributed by atoms with van der Waals surface area (Å²) >= 11 is 1.44. The van der Waals surface area contributed by atoms with Gasteiger partial charge in [-0.05, 0) is 6.07 Å². The van der Waals surface area contributed by atoms with Crippen molar-refractivity contribution in [1.82, 2.24) is 9.78 Å². The van der Waals surface area contributed by atoms with Gasteiger partial charge in [0.05, 0.1) is 11.3 Å². The molecule has 0 atom stereocenters. The van der Waals surface area contributed by atoms with E-state index >= 15 is 0 Å². The first-order valence-corrected chi connectivity index (χ1v) is 6.53. The number of nitrogens with zero attached hydrogens (tertiary/aromatic N) is 2. The van der Waals surface area contributed by atoms with E-state index in [0.29, 0.717) is 5.56 Å². The highest BCUT2D eigenvalue weighted by atomic mass is 32.1. The molecule has 2 heterocycles. The SMILES string of the molecule is Cn1cc(-c2cc(C(=O)O)cs2)c(C(C)(C)C)n1. The molecule has 96 valence electrons. The van der Waals surface area contributed by atoms with E-state index in [9.17, 15) is 4.79 Å². The van der Waals surface area contributed by atoms with Crippen LogP contribution in [0.15, 0.2) is 17.6 Å². The Hall–Kier alpha value is -1.62. The van der Waals surface area contributed by atoms with Crippen molar-refractivity contribution in [3.05, 3.63) is 28.9 Å². The fourth-order valence-electron chi connectivity index (χ4n) is 1.81. The lowest BCUT2D eigenvalue weighted by molar-refractivity contribution is 0.0697. The molecule has 0 saturated heterocycles. The van der Waals surface area contributed by atoms with Gasteiger partial charge in [-0.1, -0.05) is 20.8 Å². The molecule has 0 amide bonds. The molecule has 0 saturated carbocycles. The van der Waals surface area contributed by atoms with Gasteiger partial charge in [0.1, 0.15) is 0 Å². The fourth-order valence-corrected chi connectivity index (χ4v) is 2.71. The zero-order valence-electron chi connectivity index (χ0n) is 10.9. The lowest BCUT2D eigenvalue weighted by Gasteiger charge is -2.16. The summed E-state index contributed by atoms with van der Waals surface area (Å²) in [5.41, 5.74) is 2.27. The summed E-state index contributed by atoms with van der Waals surface area (Å²) < 4.78 is 1.77. The Labute approximate surface area is 110 Å². The van der Waals surface area contributed by atoms with Crippen molar-refractivity contribution in [1.29, 1.82) is 0 Å². The second kappa shape index (κ2) is 4.24. The highest BCUT2D eigenvalue weighted by Crippen LogP contribution is 2.35. The quantitative estimate of drug-likeness (QED) is 0.906. The molecular weight excluding hydrogens is 248 g/mol. The normalized spacial score (nSPS) is 11.8. The van der Waals surface area contributed by atoms with Gasteiger partial charge in [0, 0.05) is 34.5 Å². The molecule has 2 rings (SSSR count). The Morgan fingerprint density at radius 1 is 1.44 bits per heavy atom. The Balaban J connectivity index is 2.53. The van der Waals surface area contributed by atoms with Crippen LogP contribution in [-0.4, -0.2) is 20.9 Å². The number of aromatic nitrogens is 2. The Morgan fingerprint density at radius 2 is 2.11 bits per heavy atom. The van der Waals surface area contributed by atoms with Gasteiger partial charge in [0.25, 0.3) is 0 Å². The Kier molecular flexibility index (Phi) is 3.02. The Bertz CT molecular complexity index is 590. The first-order chi connectivity index (χ1) is 8.29. The topological polar surface area (TPSA) is 55.1 Å². The Morgan fingerprint density at radius 3 is 2.61 bits per heavy atom. The number of hydrogen-bond donors (Lipinski definition) is 1. The van der Waals surface area contributed by atoms with Crippen LogP contribution in [-0.2, 0) is 12.5 Å². The predicted octanol–water partition coefficient (Wildman–Crippen LogP) is 3.14. The van der Waals surface area contributed by atoms with E-state index in [1.54, 1.807) is 16.1 Å². The van der Waals surface area contributed by atoms with Gasteiger partial charge in [0.2, 0.25) is 0 Å². The molecule has 0 aliphatic rings. The molecule has 0 spiro atoms. The highest BCUT2D eigenvalue weighted by molar-refractivity contribution is 7.13. The van der Waals surface area contributed by atoms with Crippen molar-refractivity contribution in [2.75, 3.05) is 0 Å². The average Bonchev–Trinajstić information content (AvgIpc) is 2.81. The third kappa shape index (κ3) is 2.31. The van der Waals surface area contributed by atoms with E-state index < -0.39 is 5.97 Å². The summed E-state index contributed by atoms with van der Waals surface area (Å²) in [5, 5.41) is 15.1. The molecule has 0 aliphatic carbocycles. The van der Waals surface area contributed by atoms with E-state index in [1.807, 2.05) is 13.2 Å².